The number of benzene rings is 3. The molecular formula is C26H23F2N3O3. The van der Waals surface area contributed by atoms with E-state index in [9.17, 15) is 13.6 Å². The standard InChI is InChI=1S/C26H23F2N3O3/c1-33-23-12-6-18(7-13-23)14-29-25(32)24-16-31(15-19-2-8-21(27)9-3-19)30-26(24)34-17-20-4-10-22(28)11-5-20/h2-13,16H,14-15,17H2,1H3,(H,29,32). The minimum Gasteiger partial charge on any atom is -0.497 e. The Labute approximate surface area is 195 Å². The van der Waals surface area contributed by atoms with Gasteiger partial charge in [-0.1, -0.05) is 36.4 Å². The van der Waals surface area contributed by atoms with Crippen molar-refractivity contribution in [2.24, 2.45) is 0 Å². The number of amides is 1. The second kappa shape index (κ2) is 10.6. The normalized spacial score (nSPS) is 10.7. The van der Waals surface area contributed by atoms with Crippen LogP contribution in [0.3, 0.4) is 0 Å². The summed E-state index contributed by atoms with van der Waals surface area (Å²) in [6.45, 7) is 0.759. The molecule has 1 aromatic heterocycles. The number of nitrogens with zero attached hydrogens (tertiary/aromatic N) is 2. The molecule has 6 nitrogen and oxygen atoms in total. The van der Waals surface area contributed by atoms with Crippen LogP contribution >= 0.6 is 0 Å². The first-order chi connectivity index (χ1) is 16.5. The molecule has 0 bridgehead atoms. The first-order valence-corrected chi connectivity index (χ1v) is 10.6. The molecule has 0 spiro atoms. The van der Waals surface area contributed by atoms with E-state index in [0.717, 1.165) is 22.4 Å². The molecule has 0 aliphatic heterocycles. The Bertz CT molecular complexity index is 1240. The van der Waals surface area contributed by atoms with Gasteiger partial charge in [-0.2, -0.15) is 0 Å². The molecule has 0 radical (unpaired) electrons. The highest BCUT2D eigenvalue weighted by atomic mass is 19.1. The van der Waals surface area contributed by atoms with Crippen LogP contribution in [0.2, 0.25) is 0 Å². The van der Waals surface area contributed by atoms with E-state index >= 15 is 0 Å². The minimum atomic E-state index is -0.352. The maximum absolute atomic E-state index is 13.2. The third-order valence-corrected chi connectivity index (χ3v) is 5.13. The lowest BCUT2D eigenvalue weighted by molar-refractivity contribution is 0.0946. The third kappa shape index (κ3) is 5.98. The molecule has 0 fully saturated rings. The zero-order valence-corrected chi connectivity index (χ0v) is 18.5. The molecule has 0 aliphatic rings. The Morgan fingerprint density at radius 1 is 0.882 bits per heavy atom. The molecule has 4 aromatic rings. The average molecular weight is 463 g/mol. The SMILES string of the molecule is COc1ccc(CNC(=O)c2cn(Cc3ccc(F)cc3)nc2OCc2ccc(F)cc2)cc1. The van der Waals surface area contributed by atoms with Crippen LogP contribution in [0.15, 0.2) is 79.0 Å². The molecule has 1 N–H and O–H groups in total. The summed E-state index contributed by atoms with van der Waals surface area (Å²) in [6.07, 6.45) is 1.59. The van der Waals surface area contributed by atoms with Crippen molar-refractivity contribution < 1.29 is 23.0 Å². The summed E-state index contributed by atoms with van der Waals surface area (Å²) >= 11 is 0. The van der Waals surface area contributed by atoms with Crippen LogP contribution in [-0.4, -0.2) is 22.8 Å². The molecule has 174 valence electrons. The molecule has 8 heteroatoms. The van der Waals surface area contributed by atoms with Gasteiger partial charge in [0.15, 0.2) is 0 Å². The van der Waals surface area contributed by atoms with Gasteiger partial charge in [-0.25, -0.2) is 8.78 Å². The molecule has 0 unspecified atom stereocenters. The number of rotatable bonds is 9. The summed E-state index contributed by atoms with van der Waals surface area (Å²) in [5, 5.41) is 7.28. The van der Waals surface area contributed by atoms with E-state index in [-0.39, 0.29) is 35.6 Å². The predicted molar refractivity (Wildman–Crippen MR) is 123 cm³/mol. The van der Waals surface area contributed by atoms with Crippen molar-refractivity contribution in [1.82, 2.24) is 15.1 Å². The number of carbonyl (C=O) groups excluding carboxylic acids is 1. The number of methoxy groups -OCH3 is 1. The summed E-state index contributed by atoms with van der Waals surface area (Å²) in [4.78, 5) is 13.0. The number of hydrogen-bond acceptors (Lipinski definition) is 4. The van der Waals surface area contributed by atoms with Crippen molar-refractivity contribution in [3.8, 4) is 11.6 Å². The van der Waals surface area contributed by atoms with Gasteiger partial charge in [0.1, 0.15) is 29.6 Å². The highest BCUT2D eigenvalue weighted by Gasteiger charge is 2.18. The highest BCUT2D eigenvalue weighted by molar-refractivity contribution is 5.96. The van der Waals surface area contributed by atoms with Crippen LogP contribution in [0.25, 0.3) is 0 Å². The Hall–Kier alpha value is -4.20. The molecule has 1 heterocycles. The lowest BCUT2D eigenvalue weighted by Crippen LogP contribution is -2.23. The highest BCUT2D eigenvalue weighted by Crippen LogP contribution is 2.20. The van der Waals surface area contributed by atoms with Crippen molar-refractivity contribution in [2.45, 2.75) is 19.7 Å². The summed E-state index contributed by atoms with van der Waals surface area (Å²) in [7, 11) is 1.59. The molecule has 3 aromatic carbocycles. The van der Waals surface area contributed by atoms with Gasteiger partial charge >= 0.3 is 0 Å². The van der Waals surface area contributed by atoms with E-state index in [4.69, 9.17) is 9.47 Å². The predicted octanol–water partition coefficient (Wildman–Crippen LogP) is 4.73. The first-order valence-electron chi connectivity index (χ1n) is 10.6. The lowest BCUT2D eigenvalue weighted by Gasteiger charge is -2.08. The quantitative estimate of drug-likeness (QED) is 0.390. The van der Waals surface area contributed by atoms with Gasteiger partial charge in [-0.3, -0.25) is 9.48 Å². The fourth-order valence-electron chi connectivity index (χ4n) is 3.28. The third-order valence-electron chi connectivity index (χ3n) is 5.13. The molecule has 0 atom stereocenters. The van der Waals surface area contributed by atoms with Gasteiger partial charge in [0.2, 0.25) is 5.88 Å². The van der Waals surface area contributed by atoms with Crippen LogP contribution in [0.5, 0.6) is 11.6 Å². The Balaban J connectivity index is 1.50. The molecule has 0 aliphatic carbocycles. The topological polar surface area (TPSA) is 65.4 Å². The van der Waals surface area contributed by atoms with Crippen LogP contribution in [0.1, 0.15) is 27.0 Å². The van der Waals surface area contributed by atoms with Gasteiger partial charge in [0.25, 0.3) is 5.91 Å². The fourth-order valence-corrected chi connectivity index (χ4v) is 3.28. The van der Waals surface area contributed by atoms with Gasteiger partial charge in [0, 0.05) is 12.7 Å². The van der Waals surface area contributed by atoms with Gasteiger partial charge in [0.05, 0.1) is 13.7 Å². The van der Waals surface area contributed by atoms with E-state index in [0.29, 0.717) is 13.1 Å². The van der Waals surface area contributed by atoms with E-state index < -0.39 is 0 Å². The van der Waals surface area contributed by atoms with Crippen LogP contribution in [-0.2, 0) is 19.7 Å². The zero-order valence-electron chi connectivity index (χ0n) is 18.5. The zero-order chi connectivity index (χ0) is 23.9. The lowest BCUT2D eigenvalue weighted by atomic mass is 10.2. The molecule has 34 heavy (non-hydrogen) atoms. The van der Waals surface area contributed by atoms with E-state index in [1.165, 1.54) is 24.3 Å². The van der Waals surface area contributed by atoms with E-state index in [1.54, 1.807) is 42.3 Å². The summed E-state index contributed by atoms with van der Waals surface area (Å²) < 4.78 is 38.9. The summed E-state index contributed by atoms with van der Waals surface area (Å²) in [5.74, 6) is -0.139. The minimum absolute atomic E-state index is 0.118. The second-order valence-corrected chi connectivity index (χ2v) is 7.62. The largest absolute Gasteiger partial charge is 0.497 e. The number of halogens is 2. The number of hydrogen-bond donors (Lipinski definition) is 1. The maximum Gasteiger partial charge on any atom is 0.258 e. The monoisotopic (exact) mass is 463 g/mol. The van der Waals surface area contributed by atoms with Crippen molar-refractivity contribution in [3.63, 3.8) is 0 Å². The molecule has 1 amide bonds. The Morgan fingerprint density at radius 2 is 1.47 bits per heavy atom. The fraction of sp³-hybridized carbons (Fsp3) is 0.154. The number of aromatic nitrogens is 2. The molecule has 0 saturated carbocycles. The molecule has 4 rings (SSSR count). The molecule has 0 saturated heterocycles. The van der Waals surface area contributed by atoms with Crippen LogP contribution < -0.4 is 14.8 Å². The van der Waals surface area contributed by atoms with Gasteiger partial charge in [-0.15, -0.1) is 5.10 Å². The Kier molecular flexibility index (Phi) is 7.17. The van der Waals surface area contributed by atoms with E-state index in [2.05, 4.69) is 10.4 Å². The van der Waals surface area contributed by atoms with Crippen molar-refractivity contribution >= 4 is 5.91 Å². The number of nitrogens with one attached hydrogen (secondary N) is 1. The molecular weight excluding hydrogens is 440 g/mol. The second-order valence-electron chi connectivity index (χ2n) is 7.62. The van der Waals surface area contributed by atoms with Gasteiger partial charge < -0.3 is 14.8 Å². The van der Waals surface area contributed by atoms with Crippen molar-refractivity contribution in [3.05, 3.63) is 113 Å². The van der Waals surface area contributed by atoms with Crippen molar-refractivity contribution in [1.29, 1.82) is 0 Å². The summed E-state index contributed by atoms with van der Waals surface area (Å²) in [6, 6.07) is 19.3. The maximum atomic E-state index is 13.2. The number of carbonyl (C=O) groups is 1. The summed E-state index contributed by atoms with van der Waals surface area (Å²) in [5.41, 5.74) is 2.72. The van der Waals surface area contributed by atoms with Gasteiger partial charge in [-0.05, 0) is 53.1 Å². The van der Waals surface area contributed by atoms with E-state index in [1.807, 2.05) is 24.3 Å². The average Bonchev–Trinajstić information content (AvgIpc) is 3.26. The van der Waals surface area contributed by atoms with Crippen molar-refractivity contribution in [2.75, 3.05) is 7.11 Å². The van der Waals surface area contributed by atoms with Crippen LogP contribution in [0, 0.1) is 11.6 Å². The van der Waals surface area contributed by atoms with Crippen LogP contribution in [0.4, 0.5) is 8.78 Å². The number of ether oxygens (including phenoxy) is 2. The Morgan fingerprint density at radius 3 is 2.09 bits per heavy atom. The smallest absolute Gasteiger partial charge is 0.258 e. The first kappa shape index (κ1) is 23.0.